The van der Waals surface area contributed by atoms with Gasteiger partial charge in [0.15, 0.2) is 5.69 Å². The van der Waals surface area contributed by atoms with E-state index in [0.717, 1.165) is 12.8 Å². The summed E-state index contributed by atoms with van der Waals surface area (Å²) in [7, 11) is 0. The fourth-order valence-corrected chi connectivity index (χ4v) is 1.23. The Hall–Kier alpha value is -1.45. The molecule has 1 N–H and O–H groups in total. The van der Waals surface area contributed by atoms with Gasteiger partial charge in [-0.15, -0.1) is 0 Å². The lowest BCUT2D eigenvalue weighted by Crippen LogP contribution is -2.08. The molecule has 15 heavy (non-hydrogen) atoms. The van der Waals surface area contributed by atoms with Gasteiger partial charge in [-0.25, -0.2) is 14.8 Å². The van der Waals surface area contributed by atoms with Gasteiger partial charge in [0.2, 0.25) is 0 Å². The first kappa shape index (κ1) is 11.6. The molecule has 0 saturated heterocycles. The van der Waals surface area contributed by atoms with Gasteiger partial charge in [0, 0.05) is 18.2 Å². The number of nitrogens with zero attached hydrogens (tertiary/aromatic N) is 2. The Labute approximate surface area is 89.4 Å². The van der Waals surface area contributed by atoms with E-state index >= 15 is 0 Å². The molecule has 4 heteroatoms. The van der Waals surface area contributed by atoms with Crippen molar-refractivity contribution >= 4 is 5.97 Å². The van der Waals surface area contributed by atoms with Crippen molar-refractivity contribution < 1.29 is 9.90 Å². The van der Waals surface area contributed by atoms with E-state index in [0.29, 0.717) is 17.3 Å². The molecule has 1 rings (SSSR count). The SMILES string of the molecule is Cc1cnc(CCC(C)C)nc1C(=O)O. The van der Waals surface area contributed by atoms with Crippen molar-refractivity contribution in [1.82, 2.24) is 9.97 Å². The number of hydrogen-bond donors (Lipinski definition) is 1. The second kappa shape index (κ2) is 4.87. The number of carboxylic acid groups (broad SMARTS) is 1. The fraction of sp³-hybridized carbons (Fsp3) is 0.545. The van der Waals surface area contributed by atoms with E-state index in [-0.39, 0.29) is 5.69 Å². The summed E-state index contributed by atoms with van der Waals surface area (Å²) in [5.74, 6) is 0.204. The van der Waals surface area contributed by atoms with Gasteiger partial charge in [0.25, 0.3) is 0 Å². The highest BCUT2D eigenvalue weighted by molar-refractivity contribution is 5.86. The van der Waals surface area contributed by atoms with E-state index < -0.39 is 5.97 Å². The van der Waals surface area contributed by atoms with Crippen LogP contribution in [-0.4, -0.2) is 21.0 Å². The third-order valence-corrected chi connectivity index (χ3v) is 2.17. The molecule has 0 amide bonds. The van der Waals surface area contributed by atoms with Crippen molar-refractivity contribution in [2.45, 2.75) is 33.6 Å². The van der Waals surface area contributed by atoms with Crippen LogP contribution in [0, 0.1) is 12.8 Å². The Morgan fingerprint density at radius 1 is 1.53 bits per heavy atom. The number of hydrogen-bond acceptors (Lipinski definition) is 3. The van der Waals surface area contributed by atoms with Gasteiger partial charge in [-0.2, -0.15) is 0 Å². The highest BCUT2D eigenvalue weighted by Crippen LogP contribution is 2.08. The summed E-state index contributed by atoms with van der Waals surface area (Å²) in [6.45, 7) is 5.94. The molecule has 0 aliphatic heterocycles. The molecule has 4 nitrogen and oxygen atoms in total. The summed E-state index contributed by atoms with van der Waals surface area (Å²) < 4.78 is 0. The van der Waals surface area contributed by atoms with Crippen LogP contribution in [0.5, 0.6) is 0 Å². The number of aryl methyl sites for hydroxylation is 2. The number of aromatic carboxylic acids is 1. The zero-order chi connectivity index (χ0) is 11.4. The molecular formula is C11H16N2O2. The van der Waals surface area contributed by atoms with E-state index in [1.165, 1.54) is 0 Å². The Kier molecular flexibility index (Phi) is 3.77. The van der Waals surface area contributed by atoms with Crippen LogP contribution < -0.4 is 0 Å². The van der Waals surface area contributed by atoms with Crippen molar-refractivity contribution in [2.75, 3.05) is 0 Å². The van der Waals surface area contributed by atoms with Gasteiger partial charge in [-0.3, -0.25) is 0 Å². The Morgan fingerprint density at radius 2 is 2.20 bits per heavy atom. The molecule has 0 bridgehead atoms. The number of aromatic nitrogens is 2. The molecule has 1 aromatic heterocycles. The fourth-order valence-electron chi connectivity index (χ4n) is 1.23. The normalized spacial score (nSPS) is 10.7. The first-order valence-corrected chi connectivity index (χ1v) is 5.06. The molecule has 0 radical (unpaired) electrons. The maximum Gasteiger partial charge on any atom is 0.354 e. The lowest BCUT2D eigenvalue weighted by atomic mass is 10.1. The maximum atomic E-state index is 10.8. The molecule has 0 saturated carbocycles. The quantitative estimate of drug-likeness (QED) is 0.822. The lowest BCUT2D eigenvalue weighted by molar-refractivity contribution is 0.0689. The summed E-state index contributed by atoms with van der Waals surface area (Å²) in [6.07, 6.45) is 3.28. The van der Waals surface area contributed by atoms with Crippen LogP contribution in [0.3, 0.4) is 0 Å². The van der Waals surface area contributed by atoms with Crippen LogP contribution >= 0.6 is 0 Å². The first-order chi connectivity index (χ1) is 7.00. The van der Waals surface area contributed by atoms with Crippen LogP contribution in [0.15, 0.2) is 6.20 Å². The molecule has 0 unspecified atom stereocenters. The Bertz CT molecular complexity index is 362. The van der Waals surface area contributed by atoms with Gasteiger partial charge < -0.3 is 5.11 Å². The van der Waals surface area contributed by atoms with E-state index in [1.54, 1.807) is 13.1 Å². The predicted octanol–water partition coefficient (Wildman–Crippen LogP) is 2.07. The highest BCUT2D eigenvalue weighted by atomic mass is 16.4. The molecule has 82 valence electrons. The molecule has 1 aromatic rings. The summed E-state index contributed by atoms with van der Waals surface area (Å²) in [5, 5.41) is 8.88. The van der Waals surface area contributed by atoms with Crippen LogP contribution in [0.25, 0.3) is 0 Å². The largest absolute Gasteiger partial charge is 0.477 e. The van der Waals surface area contributed by atoms with Crippen molar-refractivity contribution in [3.8, 4) is 0 Å². The zero-order valence-electron chi connectivity index (χ0n) is 9.32. The van der Waals surface area contributed by atoms with Crippen molar-refractivity contribution in [3.05, 3.63) is 23.3 Å². The monoisotopic (exact) mass is 208 g/mol. The summed E-state index contributed by atoms with van der Waals surface area (Å²) in [4.78, 5) is 19.0. The summed E-state index contributed by atoms with van der Waals surface area (Å²) in [6, 6.07) is 0. The van der Waals surface area contributed by atoms with Crippen LogP contribution in [0.4, 0.5) is 0 Å². The topological polar surface area (TPSA) is 63.1 Å². The summed E-state index contributed by atoms with van der Waals surface area (Å²) >= 11 is 0. The van der Waals surface area contributed by atoms with Crippen molar-refractivity contribution in [1.29, 1.82) is 0 Å². The van der Waals surface area contributed by atoms with Crippen LogP contribution in [0.1, 0.15) is 42.1 Å². The Morgan fingerprint density at radius 3 is 2.73 bits per heavy atom. The first-order valence-electron chi connectivity index (χ1n) is 5.06. The molecule has 1 heterocycles. The minimum absolute atomic E-state index is 0.115. The van der Waals surface area contributed by atoms with Gasteiger partial charge in [0.1, 0.15) is 5.82 Å². The minimum Gasteiger partial charge on any atom is -0.477 e. The number of carbonyl (C=O) groups is 1. The number of rotatable bonds is 4. The average Bonchev–Trinajstić information content (AvgIpc) is 2.16. The van der Waals surface area contributed by atoms with E-state index in [2.05, 4.69) is 23.8 Å². The van der Waals surface area contributed by atoms with Gasteiger partial charge in [-0.05, 0) is 19.3 Å². The van der Waals surface area contributed by atoms with Gasteiger partial charge in [-0.1, -0.05) is 13.8 Å². The zero-order valence-corrected chi connectivity index (χ0v) is 9.32. The van der Waals surface area contributed by atoms with E-state index in [9.17, 15) is 4.79 Å². The highest BCUT2D eigenvalue weighted by Gasteiger charge is 2.10. The van der Waals surface area contributed by atoms with Crippen molar-refractivity contribution in [2.24, 2.45) is 5.92 Å². The molecule has 0 fully saturated rings. The van der Waals surface area contributed by atoms with E-state index in [4.69, 9.17) is 5.11 Å². The van der Waals surface area contributed by atoms with E-state index in [1.807, 2.05) is 0 Å². The second-order valence-electron chi connectivity index (χ2n) is 4.06. The molecular weight excluding hydrogens is 192 g/mol. The molecule has 0 aliphatic rings. The average molecular weight is 208 g/mol. The molecule has 0 atom stereocenters. The third kappa shape index (κ3) is 3.31. The standard InChI is InChI=1S/C11H16N2O2/c1-7(2)4-5-9-12-6-8(3)10(13-9)11(14)15/h6-7H,4-5H2,1-3H3,(H,14,15). The predicted molar refractivity (Wildman–Crippen MR) is 56.9 cm³/mol. The van der Waals surface area contributed by atoms with Gasteiger partial charge >= 0.3 is 5.97 Å². The van der Waals surface area contributed by atoms with Crippen LogP contribution in [-0.2, 0) is 6.42 Å². The lowest BCUT2D eigenvalue weighted by Gasteiger charge is -2.05. The molecule has 0 aromatic carbocycles. The number of carboxylic acids is 1. The van der Waals surface area contributed by atoms with Gasteiger partial charge in [0.05, 0.1) is 0 Å². The van der Waals surface area contributed by atoms with Crippen molar-refractivity contribution in [3.63, 3.8) is 0 Å². The Balaban J connectivity index is 2.83. The third-order valence-electron chi connectivity index (χ3n) is 2.17. The molecule has 0 aliphatic carbocycles. The maximum absolute atomic E-state index is 10.8. The second-order valence-corrected chi connectivity index (χ2v) is 4.06. The molecule has 0 spiro atoms. The summed E-state index contributed by atoms with van der Waals surface area (Å²) in [5.41, 5.74) is 0.722. The minimum atomic E-state index is -0.985. The smallest absolute Gasteiger partial charge is 0.354 e. The van der Waals surface area contributed by atoms with Crippen LogP contribution in [0.2, 0.25) is 0 Å².